The first-order valence-corrected chi connectivity index (χ1v) is 24.7. The Kier molecular flexibility index (Phi) is 14.5. The second-order valence-electron chi connectivity index (χ2n) is 18.2. The summed E-state index contributed by atoms with van der Waals surface area (Å²) in [6.45, 7) is 10.8. The van der Waals surface area contributed by atoms with E-state index in [-0.39, 0.29) is 67.9 Å². The number of carbonyl (C=O) groups is 2. The van der Waals surface area contributed by atoms with Crippen LogP contribution < -0.4 is 0 Å². The second-order valence-corrected chi connectivity index (χ2v) is 22.0. The van der Waals surface area contributed by atoms with Crippen LogP contribution in [0.2, 0.25) is 0 Å². The number of hydrogen-bond acceptors (Lipinski definition) is 12. The first kappa shape index (κ1) is 46.3. The normalized spacial score (nSPS) is 20.7. The maximum atomic E-state index is 14.3. The molecule has 0 N–H and O–H groups in total. The molecule has 4 aliphatic rings. The van der Waals surface area contributed by atoms with E-state index >= 15 is 0 Å². The van der Waals surface area contributed by atoms with Crippen LogP contribution >= 0.6 is 0 Å². The van der Waals surface area contributed by atoms with Crippen molar-refractivity contribution in [2.75, 3.05) is 39.4 Å². The second kappa shape index (κ2) is 19.5. The van der Waals surface area contributed by atoms with Crippen molar-refractivity contribution in [3.63, 3.8) is 0 Å². The average molecular weight is 883 g/mol. The largest absolute Gasteiger partial charge is 0.462 e. The number of rotatable bonds is 15. The van der Waals surface area contributed by atoms with E-state index in [0.29, 0.717) is 76.1 Å². The molecule has 0 saturated carbocycles. The molecule has 2 aromatic rings. The predicted octanol–water partition coefficient (Wildman–Crippen LogP) is 8.48. The fourth-order valence-corrected chi connectivity index (χ4v) is 12.6. The number of allylic oxidation sites excluding steroid dienone is 4. The van der Waals surface area contributed by atoms with Crippen LogP contribution in [-0.4, -0.2) is 78.0 Å². The summed E-state index contributed by atoms with van der Waals surface area (Å²) in [4.78, 5) is 31.6. The molecule has 2 heterocycles. The average Bonchev–Trinajstić information content (AvgIpc) is 3.98. The number of likely N-dealkylation sites (tertiary alicyclic amines) is 2. The van der Waals surface area contributed by atoms with Crippen molar-refractivity contribution in [2.45, 2.75) is 115 Å². The highest BCUT2D eigenvalue weighted by Crippen LogP contribution is 2.49. The molecule has 2 saturated heterocycles. The first-order valence-electron chi connectivity index (χ1n) is 21.7. The molecule has 0 radical (unpaired) electrons. The fourth-order valence-electron chi connectivity index (χ4n) is 9.12. The molecule has 12 nitrogen and oxygen atoms in total. The summed E-state index contributed by atoms with van der Waals surface area (Å²) in [5, 5.41) is 20.7. The van der Waals surface area contributed by atoms with Gasteiger partial charge in [-0.05, 0) is 123 Å². The van der Waals surface area contributed by atoms with Gasteiger partial charge in [0.1, 0.15) is 23.3 Å². The van der Waals surface area contributed by atoms with Gasteiger partial charge in [0.15, 0.2) is 0 Å². The molecule has 0 bridgehead atoms. The number of carbonyl (C=O) groups excluding carboxylic acids is 2. The van der Waals surface area contributed by atoms with E-state index in [0.717, 1.165) is 25.7 Å². The van der Waals surface area contributed by atoms with Crippen LogP contribution in [0.15, 0.2) is 114 Å². The highest BCUT2D eigenvalue weighted by molar-refractivity contribution is 7.96. The van der Waals surface area contributed by atoms with Gasteiger partial charge in [0.25, 0.3) is 0 Å². The van der Waals surface area contributed by atoms with Crippen molar-refractivity contribution in [2.24, 2.45) is 10.8 Å². The summed E-state index contributed by atoms with van der Waals surface area (Å²) < 4.78 is 68.5. The van der Waals surface area contributed by atoms with E-state index < -0.39 is 42.4 Å². The molecule has 0 atom stereocenters. The number of esters is 2. The van der Waals surface area contributed by atoms with E-state index in [9.17, 15) is 36.9 Å². The third-order valence-corrected chi connectivity index (χ3v) is 15.9. The van der Waals surface area contributed by atoms with Gasteiger partial charge < -0.3 is 19.3 Å². The number of sulfone groups is 2. The molecule has 0 aromatic heterocycles. The zero-order chi connectivity index (χ0) is 44.7. The first-order chi connectivity index (χ1) is 29.5. The molecule has 2 fully saturated rings. The van der Waals surface area contributed by atoms with Gasteiger partial charge in [-0.25, -0.2) is 26.4 Å². The van der Waals surface area contributed by atoms with Crippen molar-refractivity contribution in [1.82, 2.24) is 9.80 Å². The molecular weight excluding hydrogens is 825 g/mol. The Labute approximate surface area is 367 Å². The van der Waals surface area contributed by atoms with Crippen LogP contribution in [0.5, 0.6) is 0 Å². The molecule has 2 aliphatic carbocycles. The molecule has 2 aromatic carbocycles. The number of nitrogens with zero attached hydrogens (tertiary/aromatic N) is 4. The number of benzene rings is 2. The topological polar surface area (TPSA) is 175 Å². The van der Waals surface area contributed by atoms with Gasteiger partial charge in [-0.3, -0.25) is 0 Å². The lowest BCUT2D eigenvalue weighted by molar-refractivity contribution is -0.140. The number of ether oxygens (including phenoxy) is 2. The van der Waals surface area contributed by atoms with Crippen LogP contribution in [0.25, 0.3) is 0 Å². The number of unbranched alkanes of at least 4 members (excludes halogenated alkanes) is 3. The lowest BCUT2D eigenvalue weighted by Crippen LogP contribution is -2.33. The van der Waals surface area contributed by atoms with Crippen molar-refractivity contribution in [3.8, 4) is 12.1 Å². The van der Waals surface area contributed by atoms with Gasteiger partial charge in [0, 0.05) is 37.6 Å². The number of hydrogen-bond donors (Lipinski definition) is 0. The molecule has 330 valence electrons. The molecule has 0 amide bonds. The van der Waals surface area contributed by atoms with Crippen LogP contribution in [0.1, 0.15) is 105 Å². The summed E-state index contributed by atoms with van der Waals surface area (Å²) >= 11 is 0. The maximum absolute atomic E-state index is 14.3. The summed E-state index contributed by atoms with van der Waals surface area (Å²) in [6.07, 6.45) is 7.16. The summed E-state index contributed by atoms with van der Waals surface area (Å²) in [6, 6.07) is 20.2. The third kappa shape index (κ3) is 10.4. The van der Waals surface area contributed by atoms with Gasteiger partial charge >= 0.3 is 11.9 Å². The van der Waals surface area contributed by atoms with Gasteiger partial charge in [-0.1, -0.05) is 64.1 Å². The minimum atomic E-state index is -4.09. The monoisotopic (exact) mass is 882 g/mol. The smallest absolute Gasteiger partial charge is 0.349 e. The zero-order valence-electron chi connectivity index (χ0n) is 36.4. The van der Waals surface area contributed by atoms with E-state index in [2.05, 4.69) is 9.80 Å². The Bertz CT molecular complexity index is 2290. The van der Waals surface area contributed by atoms with E-state index in [1.54, 1.807) is 36.4 Å². The molecule has 14 heteroatoms. The fraction of sp³-hybridized carbons (Fsp3) is 0.500. The minimum absolute atomic E-state index is 0.00520. The van der Waals surface area contributed by atoms with Crippen molar-refractivity contribution < 1.29 is 35.9 Å². The summed E-state index contributed by atoms with van der Waals surface area (Å²) in [5.74, 6) is -1.73. The molecule has 6 rings (SSSR count). The maximum Gasteiger partial charge on any atom is 0.349 e. The standard InChI is InChI=1S/C48H58N4O8S2/c1-47(2)29-37(43(41(31-47)51-23-13-14-24-51)61(55,56)35-19-9-7-10-20-35)39(33-49)45(53)59-27-17-5-6-18-28-60-46(54)40(34-50)38-30-48(3,4)32-42(52-25-15-16-26-52)44(38)62(57,58)36-21-11-8-12-22-36/h7-12,19-22H,5-6,13-18,23-32H2,1-4H3/b39-37+,40-38+. The van der Waals surface area contributed by atoms with Gasteiger partial charge in [-0.15, -0.1) is 0 Å². The Morgan fingerprint density at radius 1 is 0.565 bits per heavy atom. The molecule has 2 aliphatic heterocycles. The van der Waals surface area contributed by atoms with Crippen molar-refractivity contribution in [3.05, 3.63) is 104 Å². The van der Waals surface area contributed by atoms with Gasteiger partial charge in [0.05, 0.1) is 32.8 Å². The minimum Gasteiger partial charge on any atom is -0.462 e. The van der Waals surface area contributed by atoms with Gasteiger partial charge in [-0.2, -0.15) is 10.5 Å². The third-order valence-electron chi connectivity index (χ3n) is 12.0. The molecular formula is C48H58N4O8S2. The Hall–Kier alpha value is -5.18. The Morgan fingerprint density at radius 2 is 0.903 bits per heavy atom. The van der Waals surface area contributed by atoms with Crippen LogP contribution in [0.4, 0.5) is 0 Å². The zero-order valence-corrected chi connectivity index (χ0v) is 38.0. The Morgan fingerprint density at radius 3 is 1.23 bits per heavy atom. The van der Waals surface area contributed by atoms with Crippen molar-refractivity contribution in [1.29, 1.82) is 10.5 Å². The highest BCUT2D eigenvalue weighted by Gasteiger charge is 2.44. The van der Waals surface area contributed by atoms with E-state index in [1.165, 1.54) is 24.3 Å². The summed E-state index contributed by atoms with van der Waals surface area (Å²) in [7, 11) is -8.19. The summed E-state index contributed by atoms with van der Waals surface area (Å²) in [5.41, 5.74) is 0.225. The predicted molar refractivity (Wildman–Crippen MR) is 235 cm³/mol. The number of nitriles is 2. The Balaban J connectivity index is 1.11. The van der Waals surface area contributed by atoms with Crippen LogP contribution in [0, 0.1) is 33.5 Å². The van der Waals surface area contributed by atoms with Crippen molar-refractivity contribution >= 4 is 31.6 Å². The van der Waals surface area contributed by atoms with E-state index in [4.69, 9.17) is 9.47 Å². The van der Waals surface area contributed by atoms with E-state index in [1.807, 2.05) is 39.8 Å². The molecule has 0 spiro atoms. The van der Waals surface area contributed by atoms with Crippen LogP contribution in [-0.2, 0) is 38.7 Å². The molecule has 0 unspecified atom stereocenters. The highest BCUT2D eigenvalue weighted by atomic mass is 32.2. The quantitative estimate of drug-likeness (QED) is 0.0723. The SMILES string of the molecule is CC1(C)CC(N2CCCC2)=C(S(=O)(=O)c2ccccc2)/C(=C(\C#N)C(=O)OCCCCCCOC(=O)/C(C#N)=C2\CC(C)(C)CC(N3CCCC3)=C2S(=O)(=O)c2ccccc2)C1. The lowest BCUT2D eigenvalue weighted by atomic mass is 9.75. The van der Waals surface area contributed by atoms with Gasteiger partial charge in [0.2, 0.25) is 19.7 Å². The van der Waals surface area contributed by atoms with Crippen LogP contribution in [0.3, 0.4) is 0 Å². The molecule has 62 heavy (non-hydrogen) atoms. The lowest BCUT2D eigenvalue weighted by Gasteiger charge is -2.38.